The Labute approximate surface area is 173 Å². The molecule has 164 valence electrons. The second kappa shape index (κ2) is 10.3. The highest BCUT2D eigenvalue weighted by Crippen LogP contribution is 2.23. The molecule has 0 unspecified atom stereocenters. The summed E-state index contributed by atoms with van der Waals surface area (Å²) in [6, 6.07) is 8.54. The van der Waals surface area contributed by atoms with E-state index in [1.807, 2.05) is 13.0 Å². The van der Waals surface area contributed by atoms with Gasteiger partial charge in [0.15, 0.2) is 12.6 Å². The Balaban J connectivity index is 1.60. The summed E-state index contributed by atoms with van der Waals surface area (Å²) in [4.78, 5) is 9.08. The summed E-state index contributed by atoms with van der Waals surface area (Å²) >= 11 is 0. The summed E-state index contributed by atoms with van der Waals surface area (Å²) in [7, 11) is 0. The molecule has 1 aromatic carbocycles. The van der Waals surface area contributed by atoms with Crippen molar-refractivity contribution in [3.63, 3.8) is 0 Å². The van der Waals surface area contributed by atoms with Gasteiger partial charge < -0.3 is 19.5 Å². The van der Waals surface area contributed by atoms with Crippen molar-refractivity contribution in [1.82, 2.24) is 20.3 Å². The number of hydrogen-bond acceptors (Lipinski definition) is 5. The van der Waals surface area contributed by atoms with Gasteiger partial charge in [0.1, 0.15) is 12.0 Å². The fourth-order valence-corrected chi connectivity index (χ4v) is 3.19. The SMILES string of the molecule is CCNC(=NCc1ccccc1OCC(F)(F)F)N1CCN(Cc2ccon2)CC1. The minimum absolute atomic E-state index is 0.201. The largest absolute Gasteiger partial charge is 0.484 e. The van der Waals surface area contributed by atoms with E-state index >= 15 is 0 Å². The topological polar surface area (TPSA) is 66.1 Å². The maximum absolute atomic E-state index is 12.5. The van der Waals surface area contributed by atoms with Crippen molar-refractivity contribution in [2.24, 2.45) is 4.99 Å². The van der Waals surface area contributed by atoms with Gasteiger partial charge in [-0.25, -0.2) is 4.99 Å². The predicted octanol–water partition coefficient (Wildman–Crippen LogP) is 2.90. The van der Waals surface area contributed by atoms with Crippen LogP contribution in [0.2, 0.25) is 0 Å². The summed E-state index contributed by atoms with van der Waals surface area (Å²) in [5.41, 5.74) is 1.52. The van der Waals surface area contributed by atoms with Gasteiger partial charge in [0.05, 0.1) is 12.2 Å². The highest BCUT2D eigenvalue weighted by molar-refractivity contribution is 5.80. The lowest BCUT2D eigenvalue weighted by Gasteiger charge is -2.36. The molecule has 1 saturated heterocycles. The third-order valence-corrected chi connectivity index (χ3v) is 4.65. The molecule has 0 amide bonds. The molecule has 1 fully saturated rings. The number of aliphatic imine (C=N–C) groups is 1. The summed E-state index contributed by atoms with van der Waals surface area (Å²) in [5.74, 6) is 0.941. The van der Waals surface area contributed by atoms with Gasteiger partial charge >= 0.3 is 6.18 Å². The molecular formula is C20H26F3N5O2. The molecule has 1 aliphatic heterocycles. The van der Waals surface area contributed by atoms with Crippen LogP contribution in [0.1, 0.15) is 18.2 Å². The average molecular weight is 425 g/mol. The lowest BCUT2D eigenvalue weighted by molar-refractivity contribution is -0.153. The standard InChI is InChI=1S/C20H26F3N5O2/c1-2-24-19(28-10-8-27(9-11-28)14-17-7-12-30-26-17)25-13-16-5-3-4-6-18(16)29-15-20(21,22)23/h3-7,12H,2,8-11,13-15H2,1H3,(H,24,25). The van der Waals surface area contributed by atoms with Crippen molar-refractivity contribution < 1.29 is 22.4 Å². The number of rotatable bonds is 7. The Morgan fingerprint density at radius 3 is 2.63 bits per heavy atom. The summed E-state index contributed by atoms with van der Waals surface area (Å²) in [5, 5.41) is 7.21. The van der Waals surface area contributed by atoms with Crippen LogP contribution in [0.4, 0.5) is 13.2 Å². The third-order valence-electron chi connectivity index (χ3n) is 4.65. The van der Waals surface area contributed by atoms with Crippen LogP contribution in [-0.4, -0.2) is 66.4 Å². The number of halogens is 3. The van der Waals surface area contributed by atoms with E-state index in [-0.39, 0.29) is 12.3 Å². The second-order valence-electron chi connectivity index (χ2n) is 6.94. The Bertz CT molecular complexity index is 803. The van der Waals surface area contributed by atoms with E-state index in [2.05, 4.69) is 25.3 Å². The molecule has 1 aromatic heterocycles. The van der Waals surface area contributed by atoms with Crippen LogP contribution in [-0.2, 0) is 13.1 Å². The fourth-order valence-electron chi connectivity index (χ4n) is 3.19. The van der Waals surface area contributed by atoms with Crippen LogP contribution in [0.5, 0.6) is 5.75 Å². The molecular weight excluding hydrogens is 399 g/mol. The number of piperazine rings is 1. The van der Waals surface area contributed by atoms with Crippen molar-refractivity contribution in [1.29, 1.82) is 0 Å². The van der Waals surface area contributed by atoms with Gasteiger partial charge in [-0.1, -0.05) is 23.4 Å². The van der Waals surface area contributed by atoms with Crippen molar-refractivity contribution in [2.45, 2.75) is 26.2 Å². The minimum atomic E-state index is -4.38. The molecule has 0 saturated carbocycles. The monoisotopic (exact) mass is 425 g/mol. The van der Waals surface area contributed by atoms with Crippen LogP contribution < -0.4 is 10.1 Å². The number of hydrogen-bond donors (Lipinski definition) is 1. The van der Waals surface area contributed by atoms with Crippen molar-refractivity contribution >= 4 is 5.96 Å². The van der Waals surface area contributed by atoms with Crippen LogP contribution >= 0.6 is 0 Å². The molecule has 0 radical (unpaired) electrons. The number of nitrogens with zero attached hydrogens (tertiary/aromatic N) is 4. The second-order valence-corrected chi connectivity index (χ2v) is 6.94. The number of alkyl halides is 3. The predicted molar refractivity (Wildman–Crippen MR) is 106 cm³/mol. The first-order valence-corrected chi connectivity index (χ1v) is 9.87. The lowest BCUT2D eigenvalue weighted by atomic mass is 10.2. The molecule has 1 N–H and O–H groups in total. The summed E-state index contributed by atoms with van der Waals surface area (Å²) in [6.07, 6.45) is -2.81. The summed E-state index contributed by atoms with van der Waals surface area (Å²) in [6.45, 7) is 5.61. The Hall–Kier alpha value is -2.75. The highest BCUT2D eigenvalue weighted by Gasteiger charge is 2.28. The van der Waals surface area contributed by atoms with Gasteiger partial charge in [-0.05, 0) is 13.0 Å². The first-order valence-electron chi connectivity index (χ1n) is 9.87. The van der Waals surface area contributed by atoms with Crippen LogP contribution in [0, 0.1) is 0 Å². The van der Waals surface area contributed by atoms with Crippen molar-refractivity contribution in [3.05, 3.63) is 47.9 Å². The van der Waals surface area contributed by atoms with Gasteiger partial charge in [0, 0.05) is 50.9 Å². The van der Waals surface area contributed by atoms with E-state index in [1.165, 1.54) is 6.07 Å². The average Bonchev–Trinajstić information content (AvgIpc) is 3.23. The Morgan fingerprint density at radius 1 is 1.20 bits per heavy atom. The highest BCUT2D eigenvalue weighted by atomic mass is 19.4. The maximum Gasteiger partial charge on any atom is 0.422 e. The van der Waals surface area contributed by atoms with Gasteiger partial charge in [0.25, 0.3) is 0 Å². The van der Waals surface area contributed by atoms with Crippen LogP contribution in [0.15, 0.2) is 46.1 Å². The molecule has 0 spiro atoms. The first-order chi connectivity index (χ1) is 14.4. The van der Waals surface area contributed by atoms with E-state index in [4.69, 9.17) is 9.26 Å². The number of benzene rings is 1. The zero-order valence-corrected chi connectivity index (χ0v) is 16.9. The van der Waals surface area contributed by atoms with Gasteiger partial charge in [0.2, 0.25) is 0 Å². The number of nitrogens with one attached hydrogen (secondary N) is 1. The van der Waals surface area contributed by atoms with Gasteiger partial charge in [-0.15, -0.1) is 0 Å². The van der Waals surface area contributed by atoms with E-state index in [0.717, 1.165) is 44.4 Å². The van der Waals surface area contributed by atoms with E-state index in [9.17, 15) is 13.2 Å². The lowest BCUT2D eigenvalue weighted by Crippen LogP contribution is -2.52. The van der Waals surface area contributed by atoms with Crippen molar-refractivity contribution in [2.75, 3.05) is 39.3 Å². The first kappa shape index (κ1) is 21.9. The zero-order valence-electron chi connectivity index (χ0n) is 16.9. The Kier molecular flexibility index (Phi) is 7.56. The minimum Gasteiger partial charge on any atom is -0.484 e. The van der Waals surface area contributed by atoms with Crippen LogP contribution in [0.25, 0.3) is 0 Å². The quantitative estimate of drug-likeness (QED) is 0.544. The molecule has 30 heavy (non-hydrogen) atoms. The van der Waals surface area contributed by atoms with Crippen LogP contribution in [0.3, 0.4) is 0 Å². The molecule has 0 atom stereocenters. The van der Waals surface area contributed by atoms with Gasteiger partial charge in [-0.3, -0.25) is 4.90 Å². The smallest absolute Gasteiger partial charge is 0.422 e. The number of guanidine groups is 1. The zero-order chi connectivity index (χ0) is 21.4. The fraction of sp³-hybridized carbons (Fsp3) is 0.500. The van der Waals surface area contributed by atoms with Crippen molar-refractivity contribution in [3.8, 4) is 5.75 Å². The van der Waals surface area contributed by atoms with E-state index in [0.29, 0.717) is 12.1 Å². The summed E-state index contributed by atoms with van der Waals surface area (Å²) < 4.78 is 47.3. The molecule has 10 heteroatoms. The number of para-hydroxylation sites is 1. The molecule has 3 rings (SSSR count). The normalized spacial score (nSPS) is 16.0. The van der Waals surface area contributed by atoms with Gasteiger partial charge in [-0.2, -0.15) is 13.2 Å². The third kappa shape index (κ3) is 6.65. The number of aromatic nitrogens is 1. The molecule has 7 nitrogen and oxygen atoms in total. The molecule has 2 heterocycles. The number of ether oxygens (including phenoxy) is 1. The molecule has 0 bridgehead atoms. The molecule has 1 aliphatic rings. The van der Waals surface area contributed by atoms with E-state index < -0.39 is 12.8 Å². The molecule has 0 aliphatic carbocycles. The van der Waals surface area contributed by atoms with E-state index in [1.54, 1.807) is 24.5 Å². The molecule has 2 aromatic rings. The maximum atomic E-state index is 12.5. The Morgan fingerprint density at radius 2 is 1.97 bits per heavy atom.